The van der Waals surface area contributed by atoms with Gasteiger partial charge in [0.2, 0.25) is 5.91 Å². The highest BCUT2D eigenvalue weighted by atomic mass is 35.5. The molecular weight excluding hydrogens is 413 g/mol. The van der Waals surface area contributed by atoms with Crippen molar-refractivity contribution in [1.29, 1.82) is 0 Å². The molecule has 0 bridgehead atoms. The van der Waals surface area contributed by atoms with Crippen LogP contribution in [0.15, 0.2) is 24.3 Å². The number of amides is 2. The molecule has 1 fully saturated rings. The molecule has 1 aromatic heterocycles. The van der Waals surface area contributed by atoms with E-state index in [4.69, 9.17) is 23.2 Å². The number of halogens is 2. The summed E-state index contributed by atoms with van der Waals surface area (Å²) < 4.78 is 0. The molecule has 1 aromatic carbocycles. The Hall–Kier alpha value is -2.38. The highest BCUT2D eigenvalue weighted by Crippen LogP contribution is 2.25. The van der Waals surface area contributed by atoms with Gasteiger partial charge in [-0.15, -0.1) is 0 Å². The van der Waals surface area contributed by atoms with E-state index >= 15 is 0 Å². The Kier molecular flexibility index (Phi) is 6.59. The van der Waals surface area contributed by atoms with Gasteiger partial charge in [0.15, 0.2) is 0 Å². The number of aryl methyl sites for hydroxylation is 2. The first kappa shape index (κ1) is 21.3. The van der Waals surface area contributed by atoms with E-state index in [0.717, 1.165) is 17.3 Å². The Labute approximate surface area is 180 Å². The summed E-state index contributed by atoms with van der Waals surface area (Å²) in [6.45, 7) is 7.92. The quantitative estimate of drug-likeness (QED) is 0.798. The number of hydrogen-bond acceptors (Lipinski definition) is 5. The molecule has 0 spiro atoms. The average Bonchev–Trinajstić information content (AvgIpc) is 2.68. The summed E-state index contributed by atoms with van der Waals surface area (Å²) in [5.41, 5.74) is 1.17. The molecule has 0 radical (unpaired) electrons. The third kappa shape index (κ3) is 4.97. The van der Waals surface area contributed by atoms with Crippen LogP contribution >= 0.6 is 23.2 Å². The molecule has 29 heavy (non-hydrogen) atoms. The predicted molar refractivity (Wildman–Crippen MR) is 114 cm³/mol. The van der Waals surface area contributed by atoms with Gasteiger partial charge in [-0.05, 0) is 32.9 Å². The van der Waals surface area contributed by atoms with E-state index in [-0.39, 0.29) is 16.5 Å². The molecule has 1 N–H and O–H groups in total. The number of nitrogens with one attached hydrogen (secondary N) is 1. The maximum atomic E-state index is 12.8. The Morgan fingerprint density at radius 1 is 1.10 bits per heavy atom. The summed E-state index contributed by atoms with van der Waals surface area (Å²) >= 11 is 12.1. The zero-order valence-corrected chi connectivity index (χ0v) is 18.1. The molecule has 0 aliphatic carbocycles. The largest absolute Gasteiger partial charge is 0.353 e. The summed E-state index contributed by atoms with van der Waals surface area (Å²) in [6.07, 6.45) is 0. The molecule has 9 heteroatoms. The molecular formula is C20H23Cl2N5O2. The highest BCUT2D eigenvalue weighted by Gasteiger charge is 2.27. The normalized spacial score (nSPS) is 15.2. The Bertz CT molecular complexity index is 909. The van der Waals surface area contributed by atoms with Crippen molar-refractivity contribution in [2.24, 2.45) is 0 Å². The van der Waals surface area contributed by atoms with Crippen molar-refractivity contribution >= 4 is 40.8 Å². The highest BCUT2D eigenvalue weighted by molar-refractivity contribution is 6.43. The fraction of sp³-hybridized carbons (Fsp3) is 0.400. The lowest BCUT2D eigenvalue weighted by Gasteiger charge is -2.36. The van der Waals surface area contributed by atoms with Gasteiger partial charge < -0.3 is 15.1 Å². The second-order valence-electron chi connectivity index (χ2n) is 7.02. The van der Waals surface area contributed by atoms with E-state index in [1.165, 1.54) is 0 Å². The lowest BCUT2D eigenvalue weighted by atomic mass is 10.2. The zero-order valence-electron chi connectivity index (χ0n) is 16.6. The monoisotopic (exact) mass is 435 g/mol. The van der Waals surface area contributed by atoms with Gasteiger partial charge in [-0.3, -0.25) is 9.59 Å². The third-order valence-corrected chi connectivity index (χ3v) is 5.60. The summed E-state index contributed by atoms with van der Waals surface area (Å²) in [5.74, 6) is 1.05. The Morgan fingerprint density at radius 2 is 1.79 bits per heavy atom. The first-order chi connectivity index (χ1) is 13.8. The molecule has 2 heterocycles. The van der Waals surface area contributed by atoms with E-state index in [1.807, 2.05) is 19.9 Å². The first-order valence-corrected chi connectivity index (χ1v) is 10.1. The van der Waals surface area contributed by atoms with Crippen molar-refractivity contribution in [3.8, 4) is 0 Å². The molecule has 2 aromatic rings. The number of hydrogen-bond donors (Lipinski definition) is 1. The predicted octanol–water partition coefficient (Wildman–Crippen LogP) is 2.87. The SMILES string of the molecule is Cc1cc(N2CCN(C(=O)C(C)NC(=O)c3cccc(Cl)c3Cl)CC2)nc(C)n1. The summed E-state index contributed by atoms with van der Waals surface area (Å²) in [4.78, 5) is 37.9. The number of carbonyl (C=O) groups excluding carboxylic acids is 2. The molecule has 0 saturated carbocycles. The third-order valence-electron chi connectivity index (χ3n) is 4.78. The van der Waals surface area contributed by atoms with Crippen molar-refractivity contribution in [2.45, 2.75) is 26.8 Å². The standard InChI is InChI=1S/C20H23Cl2N5O2/c1-12-11-17(25-14(3)23-12)26-7-9-27(10-8-26)20(29)13(2)24-19(28)15-5-4-6-16(21)18(15)22/h4-6,11,13H,7-10H2,1-3H3,(H,24,28). The molecule has 1 aliphatic rings. The molecule has 1 unspecified atom stereocenters. The first-order valence-electron chi connectivity index (χ1n) is 9.37. The van der Waals surface area contributed by atoms with Gasteiger partial charge in [-0.2, -0.15) is 0 Å². The van der Waals surface area contributed by atoms with Crippen LogP contribution in [0.25, 0.3) is 0 Å². The van der Waals surface area contributed by atoms with Crippen LogP contribution in [0.3, 0.4) is 0 Å². The van der Waals surface area contributed by atoms with Crippen molar-refractivity contribution < 1.29 is 9.59 Å². The maximum Gasteiger partial charge on any atom is 0.253 e. The number of nitrogens with zero attached hydrogens (tertiary/aromatic N) is 4. The van der Waals surface area contributed by atoms with E-state index in [2.05, 4.69) is 20.2 Å². The van der Waals surface area contributed by atoms with Crippen molar-refractivity contribution in [2.75, 3.05) is 31.1 Å². The lowest BCUT2D eigenvalue weighted by Crippen LogP contribution is -2.54. The maximum absolute atomic E-state index is 12.8. The number of rotatable bonds is 4. The molecule has 154 valence electrons. The zero-order chi connectivity index (χ0) is 21.1. The number of carbonyl (C=O) groups is 2. The molecule has 7 nitrogen and oxygen atoms in total. The van der Waals surface area contributed by atoms with E-state index < -0.39 is 11.9 Å². The van der Waals surface area contributed by atoms with E-state index in [9.17, 15) is 9.59 Å². The van der Waals surface area contributed by atoms with Crippen LogP contribution in [-0.2, 0) is 4.79 Å². The molecule has 1 saturated heterocycles. The summed E-state index contributed by atoms with van der Waals surface area (Å²) in [5, 5.41) is 3.18. The second-order valence-corrected chi connectivity index (χ2v) is 7.81. The molecule has 3 rings (SSSR count). The van der Waals surface area contributed by atoms with Crippen molar-refractivity contribution in [3.63, 3.8) is 0 Å². The van der Waals surface area contributed by atoms with Crippen LogP contribution in [0.1, 0.15) is 28.8 Å². The number of benzene rings is 1. The fourth-order valence-corrected chi connectivity index (χ4v) is 3.69. The fourth-order valence-electron chi connectivity index (χ4n) is 3.30. The minimum absolute atomic E-state index is 0.133. The van der Waals surface area contributed by atoms with Gasteiger partial charge in [0.1, 0.15) is 17.7 Å². The van der Waals surface area contributed by atoms with Crippen molar-refractivity contribution in [3.05, 3.63) is 51.4 Å². The van der Waals surface area contributed by atoms with Crippen molar-refractivity contribution in [1.82, 2.24) is 20.2 Å². The Balaban J connectivity index is 1.58. The topological polar surface area (TPSA) is 78.4 Å². The van der Waals surface area contributed by atoms with Crippen LogP contribution < -0.4 is 10.2 Å². The minimum atomic E-state index is -0.673. The van der Waals surface area contributed by atoms with E-state index in [1.54, 1.807) is 30.0 Å². The van der Waals surface area contributed by atoms with Crippen LogP contribution in [0.5, 0.6) is 0 Å². The average molecular weight is 436 g/mol. The molecule has 2 amide bonds. The summed E-state index contributed by atoms with van der Waals surface area (Å²) in [6, 6.07) is 6.10. The van der Waals surface area contributed by atoms with Crippen LogP contribution in [0, 0.1) is 13.8 Å². The number of piperazine rings is 1. The summed E-state index contributed by atoms with van der Waals surface area (Å²) in [7, 11) is 0. The van der Waals surface area contributed by atoms with Gasteiger partial charge in [-0.1, -0.05) is 29.3 Å². The number of anilines is 1. The number of aromatic nitrogens is 2. The minimum Gasteiger partial charge on any atom is -0.353 e. The molecule has 1 aliphatic heterocycles. The van der Waals surface area contributed by atoms with E-state index in [0.29, 0.717) is 31.2 Å². The van der Waals surface area contributed by atoms with Gasteiger partial charge in [-0.25, -0.2) is 9.97 Å². The van der Waals surface area contributed by atoms with Gasteiger partial charge in [0, 0.05) is 37.9 Å². The van der Waals surface area contributed by atoms with Gasteiger partial charge >= 0.3 is 0 Å². The Morgan fingerprint density at radius 3 is 2.45 bits per heavy atom. The van der Waals surface area contributed by atoms with Gasteiger partial charge in [0.05, 0.1) is 15.6 Å². The molecule has 1 atom stereocenters. The van der Waals surface area contributed by atoms with Gasteiger partial charge in [0.25, 0.3) is 5.91 Å². The van der Waals surface area contributed by atoms with Crippen LogP contribution in [0.2, 0.25) is 10.0 Å². The van der Waals surface area contributed by atoms with Crippen LogP contribution in [0.4, 0.5) is 5.82 Å². The lowest BCUT2D eigenvalue weighted by molar-refractivity contribution is -0.133. The smallest absolute Gasteiger partial charge is 0.253 e. The van der Waals surface area contributed by atoms with Crippen LogP contribution in [-0.4, -0.2) is 58.9 Å². The second kappa shape index (κ2) is 8.97.